The Balaban J connectivity index is 1.74. The van der Waals surface area contributed by atoms with Crippen LogP contribution in [0, 0.1) is 12.8 Å². The van der Waals surface area contributed by atoms with Crippen molar-refractivity contribution in [3.63, 3.8) is 0 Å². The van der Waals surface area contributed by atoms with Crippen molar-refractivity contribution in [2.75, 3.05) is 19.5 Å². The van der Waals surface area contributed by atoms with Gasteiger partial charge in [0, 0.05) is 23.1 Å². The van der Waals surface area contributed by atoms with Crippen molar-refractivity contribution in [3.8, 4) is 11.5 Å². The number of hydrogen-bond donors (Lipinski definition) is 2. The maximum atomic E-state index is 12.5. The van der Waals surface area contributed by atoms with Gasteiger partial charge in [-0.3, -0.25) is 4.79 Å². The summed E-state index contributed by atoms with van der Waals surface area (Å²) in [5, 5.41) is 12.0. The van der Waals surface area contributed by atoms with E-state index in [9.17, 15) is 14.7 Å². The fraction of sp³-hybridized carbons (Fsp3) is 0.300. The highest BCUT2D eigenvalue weighted by Gasteiger charge is 2.45. The van der Waals surface area contributed by atoms with E-state index in [2.05, 4.69) is 5.32 Å². The summed E-state index contributed by atoms with van der Waals surface area (Å²) in [5.41, 5.74) is 2.27. The number of amides is 1. The lowest BCUT2D eigenvalue weighted by atomic mass is 10.1. The molecule has 2 N–H and O–H groups in total. The summed E-state index contributed by atoms with van der Waals surface area (Å²) < 4.78 is 10.7. The lowest BCUT2D eigenvalue weighted by molar-refractivity contribution is -0.117. The minimum Gasteiger partial charge on any atom is -0.497 e. The molecular formula is C20H21NO5. The zero-order valence-corrected chi connectivity index (χ0v) is 14.9. The summed E-state index contributed by atoms with van der Waals surface area (Å²) in [6.07, 6.45) is 0.715. The van der Waals surface area contributed by atoms with Crippen LogP contribution in [0.25, 0.3) is 0 Å². The Morgan fingerprint density at radius 2 is 1.88 bits per heavy atom. The van der Waals surface area contributed by atoms with Gasteiger partial charge in [0.15, 0.2) is 0 Å². The molecule has 2 unspecified atom stereocenters. The first kappa shape index (κ1) is 17.8. The number of rotatable bonds is 6. The van der Waals surface area contributed by atoms with E-state index in [4.69, 9.17) is 9.47 Å². The SMILES string of the molecule is COc1ccc(OC)c(C2CC2C(=O)Nc2ccc(C)c(C(=O)O)c2)c1. The fourth-order valence-electron chi connectivity index (χ4n) is 3.12. The van der Waals surface area contributed by atoms with E-state index >= 15 is 0 Å². The van der Waals surface area contributed by atoms with Gasteiger partial charge in [-0.15, -0.1) is 0 Å². The Labute approximate surface area is 151 Å². The predicted octanol–water partition coefficient (Wildman–Crippen LogP) is 3.45. The fourth-order valence-corrected chi connectivity index (χ4v) is 3.12. The third-order valence-corrected chi connectivity index (χ3v) is 4.70. The molecule has 0 heterocycles. The zero-order chi connectivity index (χ0) is 18.8. The van der Waals surface area contributed by atoms with E-state index in [-0.39, 0.29) is 23.3 Å². The molecule has 3 rings (SSSR count). The third-order valence-electron chi connectivity index (χ3n) is 4.70. The summed E-state index contributed by atoms with van der Waals surface area (Å²) in [4.78, 5) is 23.8. The molecule has 26 heavy (non-hydrogen) atoms. The summed E-state index contributed by atoms with van der Waals surface area (Å²) in [7, 11) is 3.20. The van der Waals surface area contributed by atoms with Crippen molar-refractivity contribution in [1.29, 1.82) is 0 Å². The summed E-state index contributed by atoms with van der Waals surface area (Å²) in [6.45, 7) is 1.72. The second-order valence-electron chi connectivity index (χ2n) is 6.38. The molecule has 136 valence electrons. The molecule has 0 aliphatic heterocycles. The standard InChI is InChI=1S/C20H21NO5/c1-11-4-5-12(8-14(11)20(23)24)21-19(22)17-10-15(17)16-9-13(25-2)6-7-18(16)26-3/h4-9,15,17H,10H2,1-3H3,(H,21,22)(H,23,24). The van der Waals surface area contributed by atoms with Gasteiger partial charge in [0.2, 0.25) is 5.91 Å². The molecule has 0 saturated heterocycles. The van der Waals surface area contributed by atoms with Crippen LogP contribution in [0.3, 0.4) is 0 Å². The predicted molar refractivity (Wildman–Crippen MR) is 97.2 cm³/mol. The number of hydrogen-bond acceptors (Lipinski definition) is 4. The first-order chi connectivity index (χ1) is 12.4. The summed E-state index contributed by atoms with van der Waals surface area (Å²) in [5.74, 6) is 0.199. The highest BCUT2D eigenvalue weighted by molar-refractivity contribution is 5.97. The molecule has 1 saturated carbocycles. The van der Waals surface area contributed by atoms with Crippen molar-refractivity contribution >= 4 is 17.6 Å². The molecule has 6 heteroatoms. The number of anilines is 1. The van der Waals surface area contributed by atoms with Crippen LogP contribution in [0.2, 0.25) is 0 Å². The van der Waals surface area contributed by atoms with Gasteiger partial charge < -0.3 is 19.9 Å². The van der Waals surface area contributed by atoms with Crippen molar-refractivity contribution in [1.82, 2.24) is 0 Å². The van der Waals surface area contributed by atoms with Crippen LogP contribution >= 0.6 is 0 Å². The third kappa shape index (κ3) is 3.49. The molecule has 2 aromatic carbocycles. The van der Waals surface area contributed by atoms with E-state index < -0.39 is 5.97 Å². The van der Waals surface area contributed by atoms with E-state index in [0.717, 1.165) is 17.1 Å². The van der Waals surface area contributed by atoms with Gasteiger partial charge in [-0.25, -0.2) is 4.79 Å². The number of carboxylic acids is 1. The van der Waals surface area contributed by atoms with Crippen molar-refractivity contribution < 1.29 is 24.2 Å². The normalized spacial score (nSPS) is 18.1. The molecule has 6 nitrogen and oxygen atoms in total. The van der Waals surface area contributed by atoms with E-state index in [1.54, 1.807) is 33.3 Å². The molecule has 1 aliphatic carbocycles. The molecule has 2 atom stereocenters. The minimum atomic E-state index is -1.01. The van der Waals surface area contributed by atoms with Gasteiger partial charge in [0.05, 0.1) is 19.8 Å². The van der Waals surface area contributed by atoms with Crippen LogP contribution in [0.4, 0.5) is 5.69 Å². The Hall–Kier alpha value is -3.02. The number of aryl methyl sites for hydroxylation is 1. The Morgan fingerprint density at radius 3 is 2.54 bits per heavy atom. The maximum Gasteiger partial charge on any atom is 0.336 e. The van der Waals surface area contributed by atoms with Crippen molar-refractivity contribution in [2.24, 2.45) is 5.92 Å². The molecule has 0 bridgehead atoms. The van der Waals surface area contributed by atoms with E-state index in [1.807, 2.05) is 18.2 Å². The van der Waals surface area contributed by atoms with Gasteiger partial charge in [-0.05, 0) is 49.2 Å². The molecule has 1 fully saturated rings. The second kappa shape index (κ2) is 7.07. The number of ether oxygens (including phenoxy) is 2. The molecule has 0 spiro atoms. The van der Waals surface area contributed by atoms with Crippen LogP contribution in [-0.4, -0.2) is 31.2 Å². The first-order valence-electron chi connectivity index (χ1n) is 8.31. The van der Waals surface area contributed by atoms with Crippen LogP contribution in [0.1, 0.15) is 33.8 Å². The minimum absolute atomic E-state index is 0.0597. The first-order valence-corrected chi connectivity index (χ1v) is 8.31. The number of aromatic carboxylic acids is 1. The highest BCUT2D eigenvalue weighted by atomic mass is 16.5. The van der Waals surface area contributed by atoms with Crippen LogP contribution in [-0.2, 0) is 4.79 Å². The van der Waals surface area contributed by atoms with Gasteiger partial charge >= 0.3 is 5.97 Å². The van der Waals surface area contributed by atoms with E-state index in [0.29, 0.717) is 17.7 Å². The zero-order valence-electron chi connectivity index (χ0n) is 14.9. The molecule has 0 radical (unpaired) electrons. The largest absolute Gasteiger partial charge is 0.497 e. The quantitative estimate of drug-likeness (QED) is 0.829. The molecule has 1 amide bonds. The van der Waals surface area contributed by atoms with E-state index in [1.165, 1.54) is 6.07 Å². The lowest BCUT2D eigenvalue weighted by Crippen LogP contribution is -2.15. The number of benzene rings is 2. The van der Waals surface area contributed by atoms with Gasteiger partial charge in [-0.2, -0.15) is 0 Å². The Bertz CT molecular complexity index is 861. The average Bonchev–Trinajstić information content (AvgIpc) is 3.43. The lowest BCUT2D eigenvalue weighted by Gasteiger charge is -2.11. The number of carboxylic acid groups (broad SMARTS) is 1. The number of methoxy groups -OCH3 is 2. The van der Waals surface area contributed by atoms with Crippen LogP contribution in [0.5, 0.6) is 11.5 Å². The highest BCUT2D eigenvalue weighted by Crippen LogP contribution is 2.51. The van der Waals surface area contributed by atoms with Gasteiger partial charge in [-0.1, -0.05) is 6.07 Å². The van der Waals surface area contributed by atoms with Crippen LogP contribution in [0.15, 0.2) is 36.4 Å². The maximum absolute atomic E-state index is 12.5. The topological polar surface area (TPSA) is 84.9 Å². The average molecular weight is 355 g/mol. The smallest absolute Gasteiger partial charge is 0.336 e. The van der Waals surface area contributed by atoms with Gasteiger partial charge in [0.1, 0.15) is 11.5 Å². The van der Waals surface area contributed by atoms with Crippen LogP contribution < -0.4 is 14.8 Å². The van der Waals surface area contributed by atoms with Crippen molar-refractivity contribution in [2.45, 2.75) is 19.3 Å². The number of nitrogens with one attached hydrogen (secondary N) is 1. The Morgan fingerprint density at radius 1 is 1.12 bits per heavy atom. The second-order valence-corrected chi connectivity index (χ2v) is 6.38. The van der Waals surface area contributed by atoms with Crippen molar-refractivity contribution in [3.05, 3.63) is 53.1 Å². The molecule has 2 aromatic rings. The van der Waals surface area contributed by atoms with Gasteiger partial charge in [0.25, 0.3) is 0 Å². The Kier molecular flexibility index (Phi) is 4.84. The summed E-state index contributed by atoms with van der Waals surface area (Å²) in [6, 6.07) is 10.4. The summed E-state index contributed by atoms with van der Waals surface area (Å²) >= 11 is 0. The number of carbonyl (C=O) groups is 2. The molecule has 0 aromatic heterocycles. The monoisotopic (exact) mass is 355 g/mol. The number of carbonyl (C=O) groups excluding carboxylic acids is 1. The molecular weight excluding hydrogens is 334 g/mol. The molecule has 1 aliphatic rings.